The SMILES string of the molecule is C=C(C)C(=O)OCC(CO)CC1CCC(c2ccc(-c3ccc(CCCCC)cc3)cc2)CO1. The number of unbranched alkanes of at least 4 members (excludes halogenated alkanes) is 2. The normalized spacial score (nSPS) is 18.9. The van der Waals surface area contributed by atoms with Crippen LogP contribution in [0.15, 0.2) is 60.7 Å². The molecule has 4 nitrogen and oxygen atoms in total. The highest BCUT2D eigenvalue weighted by molar-refractivity contribution is 5.86. The number of benzene rings is 2. The van der Waals surface area contributed by atoms with Crippen molar-refractivity contribution in [2.24, 2.45) is 5.92 Å². The lowest BCUT2D eigenvalue weighted by Gasteiger charge is -2.31. The number of carbonyl (C=O) groups excluding carboxylic acids is 1. The lowest BCUT2D eigenvalue weighted by Crippen LogP contribution is -2.29. The van der Waals surface area contributed by atoms with Gasteiger partial charge in [-0.05, 0) is 61.3 Å². The molecule has 1 fully saturated rings. The van der Waals surface area contributed by atoms with Crippen molar-refractivity contribution < 1.29 is 19.4 Å². The van der Waals surface area contributed by atoms with Crippen LogP contribution in [0, 0.1) is 5.92 Å². The first-order valence-corrected chi connectivity index (χ1v) is 12.7. The molecule has 0 spiro atoms. The summed E-state index contributed by atoms with van der Waals surface area (Å²) in [6.45, 7) is 8.31. The fraction of sp³-hybridized carbons (Fsp3) is 0.500. The summed E-state index contributed by atoms with van der Waals surface area (Å²) in [6, 6.07) is 17.9. The van der Waals surface area contributed by atoms with Crippen molar-refractivity contribution in [1.29, 1.82) is 0 Å². The molecule has 0 saturated carbocycles. The average Bonchev–Trinajstić information content (AvgIpc) is 2.87. The molecule has 184 valence electrons. The molecule has 2 aromatic carbocycles. The maximum atomic E-state index is 11.6. The Morgan fingerprint density at radius 1 is 1.09 bits per heavy atom. The number of ether oxygens (including phenoxy) is 2. The Morgan fingerprint density at radius 3 is 2.32 bits per heavy atom. The molecule has 1 saturated heterocycles. The third-order valence-corrected chi connectivity index (χ3v) is 6.76. The van der Waals surface area contributed by atoms with Crippen LogP contribution in [0.5, 0.6) is 0 Å². The fourth-order valence-corrected chi connectivity index (χ4v) is 4.53. The molecule has 3 unspecified atom stereocenters. The number of aliphatic hydroxyl groups excluding tert-OH is 1. The molecule has 0 bridgehead atoms. The predicted octanol–water partition coefficient (Wildman–Crippen LogP) is 6.47. The zero-order valence-corrected chi connectivity index (χ0v) is 20.8. The van der Waals surface area contributed by atoms with Crippen LogP contribution in [0.3, 0.4) is 0 Å². The van der Waals surface area contributed by atoms with Gasteiger partial charge in [0.15, 0.2) is 0 Å². The van der Waals surface area contributed by atoms with Crippen molar-refractivity contribution in [3.63, 3.8) is 0 Å². The fourth-order valence-electron chi connectivity index (χ4n) is 4.53. The molecule has 1 heterocycles. The maximum absolute atomic E-state index is 11.6. The van der Waals surface area contributed by atoms with Crippen LogP contribution in [0.2, 0.25) is 0 Å². The standard InChI is InChI=1S/C30H40O4/c1-4-5-6-7-23-8-10-25(11-9-23)26-12-14-27(15-13-26)28-16-17-29(33-21-28)18-24(19-31)20-34-30(32)22(2)3/h8-15,24,28-29,31H,2,4-7,16-21H2,1,3H3. The summed E-state index contributed by atoms with van der Waals surface area (Å²) in [5.74, 6) is -0.128. The number of carbonyl (C=O) groups is 1. The molecule has 3 rings (SSSR count). The van der Waals surface area contributed by atoms with Gasteiger partial charge in [0, 0.05) is 24.0 Å². The second kappa shape index (κ2) is 13.5. The molecule has 0 amide bonds. The van der Waals surface area contributed by atoms with E-state index in [4.69, 9.17) is 9.47 Å². The van der Waals surface area contributed by atoms with E-state index in [1.807, 2.05) is 0 Å². The van der Waals surface area contributed by atoms with Gasteiger partial charge in [0.05, 0.1) is 19.3 Å². The van der Waals surface area contributed by atoms with Gasteiger partial charge in [-0.15, -0.1) is 0 Å². The van der Waals surface area contributed by atoms with E-state index in [0.717, 1.165) is 19.3 Å². The monoisotopic (exact) mass is 464 g/mol. The number of hydrogen-bond acceptors (Lipinski definition) is 4. The van der Waals surface area contributed by atoms with Crippen LogP contribution >= 0.6 is 0 Å². The van der Waals surface area contributed by atoms with E-state index in [9.17, 15) is 9.90 Å². The van der Waals surface area contributed by atoms with Gasteiger partial charge < -0.3 is 14.6 Å². The second-order valence-electron chi connectivity index (χ2n) is 9.67. The smallest absolute Gasteiger partial charge is 0.333 e. The number of rotatable bonds is 12. The molecule has 1 N–H and O–H groups in total. The zero-order valence-electron chi connectivity index (χ0n) is 20.8. The molecule has 2 aromatic rings. The van der Waals surface area contributed by atoms with Gasteiger partial charge in [-0.1, -0.05) is 74.9 Å². The lowest BCUT2D eigenvalue weighted by atomic mass is 9.88. The molecule has 1 aliphatic heterocycles. The molecule has 0 aliphatic carbocycles. The Kier molecular flexibility index (Phi) is 10.4. The van der Waals surface area contributed by atoms with Crippen LogP contribution in [-0.4, -0.2) is 37.0 Å². The summed E-state index contributed by atoms with van der Waals surface area (Å²) < 4.78 is 11.3. The predicted molar refractivity (Wildman–Crippen MR) is 138 cm³/mol. The highest BCUT2D eigenvalue weighted by Crippen LogP contribution is 2.32. The van der Waals surface area contributed by atoms with Gasteiger partial charge in [-0.25, -0.2) is 4.79 Å². The van der Waals surface area contributed by atoms with Gasteiger partial charge >= 0.3 is 5.97 Å². The summed E-state index contributed by atoms with van der Waals surface area (Å²) in [5.41, 5.74) is 5.60. The van der Waals surface area contributed by atoms with E-state index in [-0.39, 0.29) is 25.2 Å². The molecule has 4 heteroatoms. The van der Waals surface area contributed by atoms with Crippen LogP contribution in [0.4, 0.5) is 0 Å². The molecule has 34 heavy (non-hydrogen) atoms. The van der Waals surface area contributed by atoms with Crippen molar-refractivity contribution in [2.45, 2.75) is 70.8 Å². The molecular weight excluding hydrogens is 424 g/mol. The van der Waals surface area contributed by atoms with Gasteiger partial charge in [-0.3, -0.25) is 0 Å². The Morgan fingerprint density at radius 2 is 1.76 bits per heavy atom. The molecule has 0 aromatic heterocycles. The minimum atomic E-state index is -0.408. The van der Waals surface area contributed by atoms with Gasteiger partial charge in [0.25, 0.3) is 0 Å². The highest BCUT2D eigenvalue weighted by Gasteiger charge is 2.26. The van der Waals surface area contributed by atoms with E-state index < -0.39 is 5.97 Å². The maximum Gasteiger partial charge on any atom is 0.333 e. The number of esters is 1. The van der Waals surface area contributed by atoms with Crippen LogP contribution < -0.4 is 0 Å². The van der Waals surface area contributed by atoms with Crippen LogP contribution in [-0.2, 0) is 20.7 Å². The largest absolute Gasteiger partial charge is 0.462 e. The number of hydrogen-bond donors (Lipinski definition) is 1. The molecule has 1 aliphatic rings. The van der Waals surface area contributed by atoms with E-state index in [1.165, 1.54) is 41.5 Å². The van der Waals surface area contributed by atoms with Crippen LogP contribution in [0.25, 0.3) is 11.1 Å². The summed E-state index contributed by atoms with van der Waals surface area (Å²) in [6.07, 6.45) is 7.76. The Hall–Kier alpha value is -2.43. The van der Waals surface area contributed by atoms with Crippen LogP contribution in [0.1, 0.15) is 69.4 Å². The third kappa shape index (κ3) is 7.82. The van der Waals surface area contributed by atoms with Crippen molar-refractivity contribution in [1.82, 2.24) is 0 Å². The summed E-state index contributed by atoms with van der Waals surface area (Å²) >= 11 is 0. The van der Waals surface area contributed by atoms with E-state index in [2.05, 4.69) is 62.0 Å². The van der Waals surface area contributed by atoms with Gasteiger partial charge in [-0.2, -0.15) is 0 Å². The van der Waals surface area contributed by atoms with E-state index in [1.54, 1.807) is 6.92 Å². The second-order valence-corrected chi connectivity index (χ2v) is 9.67. The molecular formula is C30H40O4. The average molecular weight is 465 g/mol. The lowest BCUT2D eigenvalue weighted by molar-refractivity contribution is -0.141. The first-order chi connectivity index (χ1) is 16.5. The molecule has 0 radical (unpaired) electrons. The Bertz CT molecular complexity index is 892. The minimum absolute atomic E-state index is 0.0199. The van der Waals surface area contributed by atoms with Crippen molar-refractivity contribution in [2.75, 3.05) is 19.8 Å². The minimum Gasteiger partial charge on any atom is -0.462 e. The number of aryl methyl sites for hydroxylation is 1. The first kappa shape index (κ1) is 26.2. The van der Waals surface area contributed by atoms with Gasteiger partial charge in [0.2, 0.25) is 0 Å². The van der Waals surface area contributed by atoms with E-state index in [0.29, 0.717) is 24.5 Å². The highest BCUT2D eigenvalue weighted by atomic mass is 16.5. The Labute approximate surface area is 205 Å². The van der Waals surface area contributed by atoms with Crippen molar-refractivity contribution >= 4 is 5.97 Å². The summed E-state index contributed by atoms with van der Waals surface area (Å²) in [5, 5.41) is 9.65. The van der Waals surface area contributed by atoms with Gasteiger partial charge in [0.1, 0.15) is 0 Å². The van der Waals surface area contributed by atoms with Crippen molar-refractivity contribution in [3.8, 4) is 11.1 Å². The zero-order chi connectivity index (χ0) is 24.3. The third-order valence-electron chi connectivity index (χ3n) is 6.76. The van der Waals surface area contributed by atoms with E-state index >= 15 is 0 Å². The summed E-state index contributed by atoms with van der Waals surface area (Å²) in [4.78, 5) is 11.6. The Balaban J connectivity index is 1.47. The quantitative estimate of drug-likeness (QED) is 0.222. The summed E-state index contributed by atoms with van der Waals surface area (Å²) in [7, 11) is 0. The number of aliphatic hydroxyl groups is 1. The topological polar surface area (TPSA) is 55.8 Å². The van der Waals surface area contributed by atoms with Crippen molar-refractivity contribution in [3.05, 3.63) is 71.8 Å². The molecule has 3 atom stereocenters. The first-order valence-electron chi connectivity index (χ1n) is 12.7.